The Morgan fingerprint density at radius 2 is 1.96 bits per heavy atom. The van der Waals surface area contributed by atoms with Gasteiger partial charge in [0, 0.05) is 19.2 Å². The van der Waals surface area contributed by atoms with Gasteiger partial charge < -0.3 is 19.7 Å². The van der Waals surface area contributed by atoms with E-state index < -0.39 is 27.7 Å². The third-order valence-electron chi connectivity index (χ3n) is 3.93. The van der Waals surface area contributed by atoms with Crippen LogP contribution < -0.4 is 14.8 Å². The lowest BCUT2D eigenvalue weighted by atomic mass is 10.2. The van der Waals surface area contributed by atoms with Crippen LogP contribution in [0, 0.1) is 0 Å². The minimum Gasteiger partial charge on any atom is -0.497 e. The molecule has 9 heteroatoms. The van der Waals surface area contributed by atoms with Crippen molar-refractivity contribution in [3.05, 3.63) is 18.2 Å². The van der Waals surface area contributed by atoms with Crippen molar-refractivity contribution < 1.29 is 27.5 Å². The Bertz CT molecular complexity index is 746. The molecule has 1 aromatic rings. The molecule has 0 aromatic heterocycles. The highest BCUT2D eigenvalue weighted by Crippen LogP contribution is 2.29. The number of nitrogens with zero attached hydrogens (tertiary/aromatic N) is 1. The molecule has 2 amide bonds. The molecule has 1 fully saturated rings. The summed E-state index contributed by atoms with van der Waals surface area (Å²) in [5, 5.41) is 2.48. The van der Waals surface area contributed by atoms with Gasteiger partial charge in [-0.15, -0.1) is 0 Å². The van der Waals surface area contributed by atoms with E-state index in [1.54, 1.807) is 12.1 Å². The van der Waals surface area contributed by atoms with Crippen molar-refractivity contribution in [1.29, 1.82) is 0 Å². The number of nitrogens with one attached hydrogen (secondary N) is 1. The number of hydrogen-bond donors (Lipinski definition) is 1. The zero-order valence-corrected chi connectivity index (χ0v) is 14.6. The first-order chi connectivity index (χ1) is 11.3. The second-order valence-corrected chi connectivity index (χ2v) is 7.72. The van der Waals surface area contributed by atoms with Crippen molar-refractivity contribution >= 4 is 27.3 Å². The van der Waals surface area contributed by atoms with Gasteiger partial charge in [-0.05, 0) is 18.6 Å². The molecule has 0 aliphatic carbocycles. The predicted octanol–water partition coefficient (Wildman–Crippen LogP) is 0.288. The van der Waals surface area contributed by atoms with Gasteiger partial charge in [-0.25, -0.2) is 8.42 Å². The van der Waals surface area contributed by atoms with Gasteiger partial charge in [0.25, 0.3) is 0 Å². The molecule has 0 spiro atoms. The number of methoxy groups -OCH3 is 2. The summed E-state index contributed by atoms with van der Waals surface area (Å²) in [5.41, 5.74) is 0.294. The topological polar surface area (TPSA) is 102 Å². The van der Waals surface area contributed by atoms with Gasteiger partial charge in [-0.2, -0.15) is 0 Å². The molecule has 0 radical (unpaired) electrons. The number of benzene rings is 1. The number of anilines is 1. The maximum absolute atomic E-state index is 12.2. The van der Waals surface area contributed by atoms with Crippen molar-refractivity contribution in [2.24, 2.45) is 0 Å². The molecule has 132 valence electrons. The molecule has 1 saturated heterocycles. The number of likely N-dealkylation sites (N-methyl/N-ethyl adjacent to an activating group) is 1. The predicted molar refractivity (Wildman–Crippen MR) is 88.0 cm³/mol. The van der Waals surface area contributed by atoms with E-state index in [1.165, 1.54) is 32.2 Å². The molecule has 1 N–H and O–H groups in total. The number of carbonyl (C=O) groups excluding carboxylic acids is 2. The van der Waals surface area contributed by atoms with Crippen molar-refractivity contribution in [1.82, 2.24) is 4.90 Å². The highest BCUT2D eigenvalue weighted by Gasteiger charge is 2.34. The fourth-order valence-electron chi connectivity index (χ4n) is 2.49. The Morgan fingerprint density at radius 1 is 1.25 bits per heavy atom. The molecule has 1 atom stereocenters. The third-order valence-corrected chi connectivity index (χ3v) is 5.68. The first kappa shape index (κ1) is 18.1. The average Bonchev–Trinajstić information content (AvgIpc) is 2.93. The monoisotopic (exact) mass is 356 g/mol. The summed E-state index contributed by atoms with van der Waals surface area (Å²) in [6.45, 7) is 0. The summed E-state index contributed by atoms with van der Waals surface area (Å²) in [6.07, 6.45) is 0.334. The van der Waals surface area contributed by atoms with Crippen molar-refractivity contribution in [2.75, 3.05) is 38.1 Å². The molecule has 8 nitrogen and oxygen atoms in total. The van der Waals surface area contributed by atoms with E-state index in [4.69, 9.17) is 9.47 Å². The largest absolute Gasteiger partial charge is 0.497 e. The zero-order chi connectivity index (χ0) is 17.9. The van der Waals surface area contributed by atoms with Crippen LogP contribution in [0.5, 0.6) is 11.5 Å². The van der Waals surface area contributed by atoms with Crippen molar-refractivity contribution in [3.63, 3.8) is 0 Å². The fraction of sp³-hybridized carbons (Fsp3) is 0.467. The van der Waals surface area contributed by atoms with Crippen LogP contribution in [0.2, 0.25) is 0 Å². The van der Waals surface area contributed by atoms with Crippen LogP contribution in [-0.2, 0) is 19.4 Å². The lowest BCUT2D eigenvalue weighted by molar-refractivity contribution is -0.143. The molecule has 1 aliphatic rings. The number of rotatable bonds is 4. The molecular formula is C15H20N2O6S. The first-order valence-corrected chi connectivity index (χ1v) is 9.10. The third kappa shape index (κ3) is 3.97. The molecule has 24 heavy (non-hydrogen) atoms. The Labute approximate surface area is 140 Å². The quantitative estimate of drug-likeness (QED) is 0.778. The lowest BCUT2D eigenvalue weighted by Gasteiger charge is -2.22. The number of carbonyl (C=O) groups is 2. The molecule has 0 saturated carbocycles. The first-order valence-electron chi connectivity index (χ1n) is 7.28. The van der Waals surface area contributed by atoms with Crippen LogP contribution >= 0.6 is 0 Å². The molecule has 1 aromatic carbocycles. The molecule has 0 bridgehead atoms. The number of amides is 2. The maximum Gasteiger partial charge on any atom is 0.314 e. The smallest absolute Gasteiger partial charge is 0.314 e. The van der Waals surface area contributed by atoms with Crippen LogP contribution in [0.15, 0.2) is 18.2 Å². The van der Waals surface area contributed by atoms with E-state index in [1.807, 2.05) is 0 Å². The SMILES string of the molecule is COc1ccc(OC)c(NC(=O)C(=O)N(C)C2CCS(=O)(=O)C2)c1. The van der Waals surface area contributed by atoms with E-state index in [2.05, 4.69) is 5.32 Å². The standard InChI is InChI=1S/C15H20N2O6S/c1-17(10-6-7-24(20,21)9-10)15(19)14(18)16-12-8-11(22-2)4-5-13(12)23-3/h4-5,8,10H,6-7,9H2,1-3H3,(H,16,18). The van der Waals surface area contributed by atoms with Gasteiger partial charge in [-0.1, -0.05) is 0 Å². The Morgan fingerprint density at radius 3 is 2.50 bits per heavy atom. The van der Waals surface area contributed by atoms with Crippen LogP contribution in [0.1, 0.15) is 6.42 Å². The van der Waals surface area contributed by atoms with Crippen LogP contribution in [0.25, 0.3) is 0 Å². The Balaban J connectivity index is 2.10. The van der Waals surface area contributed by atoms with E-state index in [9.17, 15) is 18.0 Å². The summed E-state index contributed by atoms with van der Waals surface area (Å²) >= 11 is 0. The van der Waals surface area contributed by atoms with Crippen LogP contribution in [0.4, 0.5) is 5.69 Å². The number of sulfone groups is 1. The highest BCUT2D eigenvalue weighted by molar-refractivity contribution is 7.91. The second-order valence-electron chi connectivity index (χ2n) is 5.49. The molecule has 1 aliphatic heterocycles. The molecule has 1 heterocycles. The van der Waals surface area contributed by atoms with Gasteiger partial charge in [0.2, 0.25) is 0 Å². The van der Waals surface area contributed by atoms with Gasteiger partial charge in [0.15, 0.2) is 9.84 Å². The number of hydrogen-bond acceptors (Lipinski definition) is 6. The summed E-state index contributed by atoms with van der Waals surface area (Å²) in [4.78, 5) is 25.6. The summed E-state index contributed by atoms with van der Waals surface area (Å²) in [7, 11) is 1.20. The van der Waals surface area contributed by atoms with Gasteiger partial charge >= 0.3 is 11.8 Å². The lowest BCUT2D eigenvalue weighted by Crippen LogP contribution is -2.43. The summed E-state index contributed by atoms with van der Waals surface area (Å²) in [5.74, 6) is -0.891. The van der Waals surface area contributed by atoms with E-state index in [0.717, 1.165) is 0 Å². The van der Waals surface area contributed by atoms with Gasteiger partial charge in [0.05, 0.1) is 31.4 Å². The summed E-state index contributed by atoms with van der Waals surface area (Å²) < 4.78 is 33.2. The minimum absolute atomic E-state index is 0.0284. The fourth-order valence-corrected chi connectivity index (χ4v) is 4.27. The maximum atomic E-state index is 12.2. The second kappa shape index (κ2) is 7.08. The molecular weight excluding hydrogens is 336 g/mol. The van der Waals surface area contributed by atoms with Crippen LogP contribution in [0.3, 0.4) is 0 Å². The van der Waals surface area contributed by atoms with Crippen molar-refractivity contribution in [3.8, 4) is 11.5 Å². The highest BCUT2D eigenvalue weighted by atomic mass is 32.2. The Hall–Kier alpha value is -2.29. The van der Waals surface area contributed by atoms with E-state index >= 15 is 0 Å². The summed E-state index contributed by atoms with van der Waals surface area (Å²) in [6, 6.07) is 4.31. The molecule has 2 rings (SSSR count). The average molecular weight is 356 g/mol. The zero-order valence-electron chi connectivity index (χ0n) is 13.7. The van der Waals surface area contributed by atoms with E-state index in [-0.39, 0.29) is 11.5 Å². The van der Waals surface area contributed by atoms with Crippen LogP contribution in [-0.4, -0.2) is 63.9 Å². The minimum atomic E-state index is -3.14. The normalized spacial score (nSPS) is 18.7. The van der Waals surface area contributed by atoms with Gasteiger partial charge in [-0.3, -0.25) is 9.59 Å². The molecule has 1 unspecified atom stereocenters. The van der Waals surface area contributed by atoms with E-state index in [0.29, 0.717) is 23.6 Å². The van der Waals surface area contributed by atoms with Crippen molar-refractivity contribution in [2.45, 2.75) is 12.5 Å². The Kier molecular flexibility index (Phi) is 5.33. The number of ether oxygens (including phenoxy) is 2. The van der Waals surface area contributed by atoms with Gasteiger partial charge in [0.1, 0.15) is 11.5 Å².